The van der Waals surface area contributed by atoms with Gasteiger partial charge in [-0.2, -0.15) is 9.13 Å². The monoisotopic (exact) mass is 746 g/mol. The van der Waals surface area contributed by atoms with Crippen molar-refractivity contribution in [3.8, 4) is 17.3 Å². The molecule has 0 atom stereocenters. The predicted molar refractivity (Wildman–Crippen MR) is 230 cm³/mol. The number of thioether (sulfide) groups is 1. The lowest BCUT2D eigenvalue weighted by Gasteiger charge is -2.15. The van der Waals surface area contributed by atoms with Gasteiger partial charge in [-0.25, -0.2) is 4.79 Å². The van der Waals surface area contributed by atoms with Gasteiger partial charge in [-0.05, 0) is 55.3 Å². The molecule has 1 aromatic heterocycles. The standard InChI is InChI=1S/C48H76N2O2S/c1-3-5-7-9-11-13-15-17-19-21-23-25-27-35-41-45-46(51)49(43-37-31-29-32-38-43)48(50(47(45)52)44-39-33-30-34-40-44)53-42-36-28-26-24-22-20-18-16-14-12-10-8-6-4-2/h29-34,37-40H,3-28,35-36,41-42H2,1-2H3/p+1. The van der Waals surface area contributed by atoms with Crippen molar-refractivity contribution in [3.05, 3.63) is 76.6 Å². The second-order valence-corrected chi connectivity index (χ2v) is 16.6. The summed E-state index contributed by atoms with van der Waals surface area (Å²) in [5.74, 6) is 1.01. The van der Waals surface area contributed by atoms with E-state index in [1.54, 1.807) is 11.8 Å². The number of aromatic hydroxyl groups is 1. The van der Waals surface area contributed by atoms with Crippen LogP contribution in [0.25, 0.3) is 11.4 Å². The Morgan fingerprint density at radius 3 is 1.32 bits per heavy atom. The molecule has 0 aliphatic carbocycles. The average molecular weight is 746 g/mol. The van der Waals surface area contributed by atoms with E-state index in [4.69, 9.17) is 0 Å². The number of aromatic nitrogens is 2. The van der Waals surface area contributed by atoms with Crippen LogP contribution in [-0.4, -0.2) is 15.4 Å². The van der Waals surface area contributed by atoms with Crippen molar-refractivity contribution in [3.63, 3.8) is 0 Å². The molecule has 4 nitrogen and oxygen atoms in total. The minimum Gasteiger partial charge on any atom is -0.477 e. The Kier molecular flexibility index (Phi) is 25.2. The van der Waals surface area contributed by atoms with E-state index in [0.29, 0.717) is 12.0 Å². The average Bonchev–Trinajstić information content (AvgIpc) is 3.18. The maximum absolute atomic E-state index is 14.3. The van der Waals surface area contributed by atoms with Crippen LogP contribution < -0.4 is 10.1 Å². The molecule has 0 radical (unpaired) electrons. The van der Waals surface area contributed by atoms with Gasteiger partial charge in [-0.15, -0.1) is 0 Å². The highest BCUT2D eigenvalue weighted by molar-refractivity contribution is 7.99. The van der Waals surface area contributed by atoms with Gasteiger partial charge in [0.05, 0.1) is 0 Å². The van der Waals surface area contributed by atoms with Crippen LogP contribution >= 0.6 is 11.8 Å². The Balaban J connectivity index is 1.53. The Hall–Kier alpha value is -2.53. The maximum atomic E-state index is 14.3. The lowest BCUT2D eigenvalue weighted by Crippen LogP contribution is -2.43. The molecule has 0 saturated carbocycles. The fraction of sp³-hybridized carbons (Fsp3) is 0.667. The van der Waals surface area contributed by atoms with Crippen molar-refractivity contribution >= 4 is 11.8 Å². The molecule has 0 saturated heterocycles. The molecule has 0 aliphatic heterocycles. The Bertz CT molecular complexity index is 1370. The summed E-state index contributed by atoms with van der Waals surface area (Å²) in [6.45, 7) is 4.57. The topological polar surface area (TPSA) is 46.1 Å². The molecule has 5 heteroatoms. The highest BCUT2D eigenvalue weighted by Gasteiger charge is 2.31. The van der Waals surface area contributed by atoms with Gasteiger partial charge in [0.2, 0.25) is 0 Å². The van der Waals surface area contributed by atoms with Crippen LogP contribution in [0.4, 0.5) is 0 Å². The van der Waals surface area contributed by atoms with Gasteiger partial charge >= 0.3 is 10.7 Å². The summed E-state index contributed by atoms with van der Waals surface area (Å²) >= 11 is 1.70. The van der Waals surface area contributed by atoms with Gasteiger partial charge in [0, 0.05) is 5.75 Å². The van der Waals surface area contributed by atoms with Gasteiger partial charge in [0.25, 0.3) is 5.88 Å². The first-order valence-corrected chi connectivity index (χ1v) is 23.3. The van der Waals surface area contributed by atoms with Crippen LogP contribution in [0.5, 0.6) is 5.88 Å². The van der Waals surface area contributed by atoms with E-state index < -0.39 is 0 Å². The fourth-order valence-corrected chi connectivity index (χ4v) is 8.73. The zero-order valence-electron chi connectivity index (χ0n) is 34.1. The van der Waals surface area contributed by atoms with E-state index in [0.717, 1.165) is 41.5 Å². The predicted octanol–water partition coefficient (Wildman–Crippen LogP) is 14.4. The molecule has 3 aromatic rings. The first-order valence-electron chi connectivity index (χ1n) is 22.4. The third-order valence-electron chi connectivity index (χ3n) is 10.9. The van der Waals surface area contributed by atoms with Gasteiger partial charge < -0.3 is 5.11 Å². The van der Waals surface area contributed by atoms with Crippen molar-refractivity contribution in [2.75, 3.05) is 5.75 Å². The van der Waals surface area contributed by atoms with Crippen LogP contribution in [0.3, 0.4) is 0 Å². The molecule has 0 aliphatic rings. The van der Waals surface area contributed by atoms with Crippen LogP contribution in [-0.2, 0) is 6.42 Å². The fourth-order valence-electron chi connectivity index (χ4n) is 7.56. The van der Waals surface area contributed by atoms with Gasteiger partial charge in [0.1, 0.15) is 16.9 Å². The number of hydrogen-bond acceptors (Lipinski definition) is 3. The summed E-state index contributed by atoms with van der Waals surface area (Å²) in [4.78, 5) is 14.3. The smallest absolute Gasteiger partial charge is 0.350 e. The van der Waals surface area contributed by atoms with Crippen molar-refractivity contribution < 1.29 is 9.67 Å². The van der Waals surface area contributed by atoms with E-state index in [9.17, 15) is 9.90 Å². The normalized spacial score (nSPS) is 11.4. The third kappa shape index (κ3) is 18.1. The highest BCUT2D eigenvalue weighted by Crippen LogP contribution is 2.26. The summed E-state index contributed by atoms with van der Waals surface area (Å²) in [5, 5.41) is 12.6. The number of hydrogen-bond donors (Lipinski definition) is 1. The lowest BCUT2D eigenvalue weighted by molar-refractivity contribution is -0.650. The third-order valence-corrected chi connectivity index (χ3v) is 12.0. The van der Waals surface area contributed by atoms with Crippen LogP contribution in [0, 0.1) is 0 Å². The van der Waals surface area contributed by atoms with E-state index in [1.165, 1.54) is 161 Å². The number of nitrogens with zero attached hydrogens (tertiary/aromatic N) is 2. The molecule has 0 unspecified atom stereocenters. The number of rotatable bonds is 33. The summed E-state index contributed by atoms with van der Waals surface area (Å²) in [7, 11) is 0. The van der Waals surface area contributed by atoms with E-state index >= 15 is 0 Å². The number of benzene rings is 2. The van der Waals surface area contributed by atoms with Crippen molar-refractivity contribution in [1.82, 2.24) is 4.57 Å². The minimum absolute atomic E-state index is 0.0842. The van der Waals surface area contributed by atoms with E-state index in [2.05, 4.69) is 13.8 Å². The molecule has 0 bridgehead atoms. The van der Waals surface area contributed by atoms with Crippen LogP contribution in [0.15, 0.2) is 70.6 Å². The Labute approximate surface area is 329 Å². The quantitative estimate of drug-likeness (QED) is 0.0292. The summed E-state index contributed by atoms with van der Waals surface area (Å²) in [5.41, 5.74) is 2.18. The molecule has 0 fully saturated rings. The van der Waals surface area contributed by atoms with Crippen molar-refractivity contribution in [2.45, 2.75) is 205 Å². The zero-order valence-corrected chi connectivity index (χ0v) is 35.0. The number of unbranched alkanes of at least 4 members (excludes halogenated alkanes) is 26. The maximum Gasteiger partial charge on any atom is 0.350 e. The van der Waals surface area contributed by atoms with Crippen molar-refractivity contribution in [1.29, 1.82) is 0 Å². The van der Waals surface area contributed by atoms with Gasteiger partial charge in [0.15, 0.2) is 0 Å². The van der Waals surface area contributed by atoms with E-state index in [1.807, 2.05) is 69.8 Å². The van der Waals surface area contributed by atoms with Gasteiger partial charge in [-0.3, -0.25) is 0 Å². The summed E-state index contributed by atoms with van der Waals surface area (Å²) < 4.78 is 3.79. The van der Waals surface area contributed by atoms with Crippen LogP contribution in [0.1, 0.15) is 199 Å². The molecule has 1 heterocycles. The molecule has 53 heavy (non-hydrogen) atoms. The Morgan fingerprint density at radius 1 is 0.509 bits per heavy atom. The Morgan fingerprint density at radius 2 is 0.887 bits per heavy atom. The first kappa shape index (κ1) is 44.9. The second kappa shape index (κ2) is 29.8. The van der Waals surface area contributed by atoms with E-state index in [-0.39, 0.29) is 11.4 Å². The first-order chi connectivity index (χ1) is 26.2. The molecular weight excluding hydrogens is 669 g/mol. The minimum atomic E-state index is -0.0842. The molecule has 0 spiro atoms. The molecule has 3 rings (SSSR count). The molecule has 296 valence electrons. The molecule has 1 N–H and O–H groups in total. The molecule has 0 amide bonds. The highest BCUT2D eigenvalue weighted by atomic mass is 32.2. The second-order valence-electron chi connectivity index (χ2n) is 15.5. The van der Waals surface area contributed by atoms with Crippen molar-refractivity contribution in [2.24, 2.45) is 0 Å². The summed E-state index contributed by atoms with van der Waals surface area (Å²) in [6.07, 6.45) is 37.5. The SMILES string of the molecule is CCCCCCCCCCCCCCCCSc1n(-c2ccccc2)c(=O)c(CCCCCCCCCCCCCCCC)c(O)[n+]1-c1ccccc1. The lowest BCUT2D eigenvalue weighted by atomic mass is 10.0. The molecular formula is C48H77N2O2S+. The number of para-hydroxylation sites is 2. The van der Waals surface area contributed by atoms with Crippen LogP contribution in [0.2, 0.25) is 0 Å². The summed E-state index contributed by atoms with van der Waals surface area (Å²) in [6, 6.07) is 20.1. The molecule has 2 aromatic carbocycles. The zero-order chi connectivity index (χ0) is 37.6. The van der Waals surface area contributed by atoms with Gasteiger partial charge in [-0.1, -0.05) is 217 Å². The largest absolute Gasteiger partial charge is 0.477 e.